The molecule has 0 aliphatic heterocycles. The fourth-order valence-electron chi connectivity index (χ4n) is 2.41. The first-order valence-electron chi connectivity index (χ1n) is 8.03. The number of nitrogens with one attached hydrogen (secondary N) is 1. The number of hydrogen-bond acceptors (Lipinski definition) is 3. The molecule has 3 nitrogen and oxygen atoms in total. The molecule has 3 heteroatoms. The Hall–Kier alpha value is -3.33. The van der Waals surface area contributed by atoms with Crippen molar-refractivity contribution in [3.8, 4) is 0 Å². The number of esters is 1. The van der Waals surface area contributed by atoms with Crippen molar-refractivity contribution >= 4 is 29.5 Å². The van der Waals surface area contributed by atoms with Gasteiger partial charge < -0.3 is 10.1 Å². The summed E-state index contributed by atoms with van der Waals surface area (Å²) in [7, 11) is 1.38. The molecule has 0 aliphatic carbocycles. The van der Waals surface area contributed by atoms with Crippen molar-refractivity contribution in [1.29, 1.82) is 0 Å². The van der Waals surface area contributed by atoms with E-state index in [1.807, 2.05) is 42.5 Å². The molecule has 0 amide bonds. The Morgan fingerprint density at radius 2 is 1.28 bits per heavy atom. The van der Waals surface area contributed by atoms with E-state index in [9.17, 15) is 4.79 Å². The summed E-state index contributed by atoms with van der Waals surface area (Å²) in [6.07, 6.45) is 4.18. The van der Waals surface area contributed by atoms with Crippen molar-refractivity contribution in [2.75, 3.05) is 12.4 Å². The average molecular weight is 329 g/mol. The number of methoxy groups -OCH3 is 1. The van der Waals surface area contributed by atoms with Crippen LogP contribution in [0.15, 0.2) is 78.9 Å². The molecule has 0 spiro atoms. The van der Waals surface area contributed by atoms with Crippen molar-refractivity contribution in [2.24, 2.45) is 0 Å². The number of ether oxygens (including phenoxy) is 1. The van der Waals surface area contributed by atoms with Crippen LogP contribution in [-0.2, 0) is 4.74 Å². The summed E-state index contributed by atoms with van der Waals surface area (Å²) in [6.45, 7) is 0. The van der Waals surface area contributed by atoms with E-state index in [4.69, 9.17) is 4.74 Å². The van der Waals surface area contributed by atoms with Crippen LogP contribution in [0.25, 0.3) is 12.2 Å². The topological polar surface area (TPSA) is 38.3 Å². The normalized spacial score (nSPS) is 10.6. The lowest BCUT2D eigenvalue weighted by atomic mass is 10.1. The van der Waals surface area contributed by atoms with Gasteiger partial charge in [0, 0.05) is 11.4 Å². The quantitative estimate of drug-likeness (QED) is 0.504. The SMILES string of the molecule is COC(=O)c1ccc(Nc2ccc(/C=C/c3ccccc3)cc2)cc1. The van der Waals surface area contributed by atoms with Gasteiger partial charge in [0.25, 0.3) is 0 Å². The van der Waals surface area contributed by atoms with Gasteiger partial charge in [0.05, 0.1) is 12.7 Å². The molecular weight excluding hydrogens is 310 g/mol. The van der Waals surface area contributed by atoms with Gasteiger partial charge in [-0.2, -0.15) is 0 Å². The summed E-state index contributed by atoms with van der Waals surface area (Å²) >= 11 is 0. The molecule has 0 atom stereocenters. The standard InChI is InChI=1S/C22H19NO2/c1-25-22(24)19-11-15-21(16-12-19)23-20-13-9-18(10-14-20)8-7-17-5-3-2-4-6-17/h2-16,23H,1H3/b8-7+. The molecule has 1 N–H and O–H groups in total. The maximum atomic E-state index is 11.4. The Bertz CT molecular complexity index is 851. The molecule has 3 rings (SSSR count). The molecule has 0 unspecified atom stereocenters. The first kappa shape index (κ1) is 16.5. The van der Waals surface area contributed by atoms with E-state index in [1.54, 1.807) is 12.1 Å². The molecule has 124 valence electrons. The Morgan fingerprint density at radius 1 is 0.760 bits per heavy atom. The fourth-order valence-corrected chi connectivity index (χ4v) is 2.41. The second-order valence-corrected chi connectivity index (χ2v) is 5.56. The monoisotopic (exact) mass is 329 g/mol. The lowest BCUT2D eigenvalue weighted by Crippen LogP contribution is -2.00. The molecule has 25 heavy (non-hydrogen) atoms. The van der Waals surface area contributed by atoms with Crippen LogP contribution in [0.2, 0.25) is 0 Å². The highest BCUT2D eigenvalue weighted by Gasteiger charge is 2.04. The average Bonchev–Trinajstić information content (AvgIpc) is 2.68. The minimum absolute atomic E-state index is 0.332. The summed E-state index contributed by atoms with van der Waals surface area (Å²) in [5, 5.41) is 3.31. The maximum Gasteiger partial charge on any atom is 0.337 e. The highest BCUT2D eigenvalue weighted by atomic mass is 16.5. The van der Waals surface area contributed by atoms with Crippen molar-refractivity contribution in [3.05, 3.63) is 95.6 Å². The molecule has 3 aromatic carbocycles. The molecule has 0 aromatic heterocycles. The Morgan fingerprint density at radius 3 is 1.84 bits per heavy atom. The van der Waals surface area contributed by atoms with Crippen molar-refractivity contribution in [3.63, 3.8) is 0 Å². The zero-order chi connectivity index (χ0) is 17.5. The molecule has 0 radical (unpaired) electrons. The summed E-state index contributed by atoms with van der Waals surface area (Å²) in [5.74, 6) is -0.332. The minimum atomic E-state index is -0.332. The van der Waals surface area contributed by atoms with Crippen LogP contribution < -0.4 is 5.32 Å². The van der Waals surface area contributed by atoms with Crippen LogP contribution in [0, 0.1) is 0 Å². The van der Waals surface area contributed by atoms with Crippen LogP contribution in [0.5, 0.6) is 0 Å². The summed E-state index contributed by atoms with van der Waals surface area (Å²) in [5.41, 5.74) is 4.75. The van der Waals surface area contributed by atoms with Gasteiger partial charge in [-0.05, 0) is 47.5 Å². The number of hydrogen-bond donors (Lipinski definition) is 1. The number of carbonyl (C=O) groups excluding carboxylic acids is 1. The van der Waals surface area contributed by atoms with Gasteiger partial charge in [-0.3, -0.25) is 0 Å². The molecule has 0 heterocycles. The minimum Gasteiger partial charge on any atom is -0.465 e. The van der Waals surface area contributed by atoms with Gasteiger partial charge in [-0.25, -0.2) is 4.79 Å². The molecule has 3 aromatic rings. The van der Waals surface area contributed by atoms with Crippen molar-refractivity contribution < 1.29 is 9.53 Å². The van der Waals surface area contributed by atoms with Crippen molar-refractivity contribution in [1.82, 2.24) is 0 Å². The third-order valence-electron chi connectivity index (χ3n) is 3.77. The second kappa shape index (κ2) is 7.97. The number of carbonyl (C=O) groups is 1. The maximum absolute atomic E-state index is 11.4. The molecule has 0 fully saturated rings. The first-order valence-corrected chi connectivity index (χ1v) is 8.03. The first-order chi connectivity index (χ1) is 12.2. The van der Waals surface area contributed by atoms with Gasteiger partial charge in [-0.1, -0.05) is 54.6 Å². The molecule has 0 saturated heterocycles. The summed E-state index contributed by atoms with van der Waals surface area (Å²) in [4.78, 5) is 11.4. The number of benzene rings is 3. The van der Waals surface area contributed by atoms with Gasteiger partial charge in [0.2, 0.25) is 0 Å². The van der Waals surface area contributed by atoms with E-state index in [2.05, 4.69) is 41.7 Å². The summed E-state index contributed by atoms with van der Waals surface area (Å²) < 4.78 is 4.70. The Balaban J connectivity index is 1.64. The van der Waals surface area contributed by atoms with Crippen LogP contribution in [-0.4, -0.2) is 13.1 Å². The van der Waals surface area contributed by atoms with Gasteiger partial charge in [0.15, 0.2) is 0 Å². The molecule has 0 bridgehead atoms. The zero-order valence-corrected chi connectivity index (χ0v) is 14.0. The van der Waals surface area contributed by atoms with Crippen LogP contribution in [0.3, 0.4) is 0 Å². The fraction of sp³-hybridized carbons (Fsp3) is 0.0455. The predicted molar refractivity (Wildman–Crippen MR) is 103 cm³/mol. The number of rotatable bonds is 5. The van der Waals surface area contributed by atoms with E-state index in [0.717, 1.165) is 16.9 Å². The van der Waals surface area contributed by atoms with Gasteiger partial charge in [-0.15, -0.1) is 0 Å². The lowest BCUT2D eigenvalue weighted by Gasteiger charge is -2.07. The van der Waals surface area contributed by atoms with Crippen molar-refractivity contribution in [2.45, 2.75) is 0 Å². The van der Waals surface area contributed by atoms with E-state index in [1.165, 1.54) is 12.7 Å². The molecular formula is C22H19NO2. The van der Waals surface area contributed by atoms with Gasteiger partial charge in [0.1, 0.15) is 0 Å². The van der Waals surface area contributed by atoms with Crippen LogP contribution in [0.4, 0.5) is 11.4 Å². The zero-order valence-electron chi connectivity index (χ0n) is 14.0. The van der Waals surface area contributed by atoms with E-state index in [-0.39, 0.29) is 5.97 Å². The Kier molecular flexibility index (Phi) is 5.27. The molecule has 0 aliphatic rings. The van der Waals surface area contributed by atoms with Crippen LogP contribution in [0.1, 0.15) is 21.5 Å². The molecule has 0 saturated carbocycles. The number of anilines is 2. The predicted octanol–water partition coefficient (Wildman–Crippen LogP) is 5.39. The Labute approximate surface area is 147 Å². The van der Waals surface area contributed by atoms with Crippen LogP contribution >= 0.6 is 0 Å². The smallest absolute Gasteiger partial charge is 0.337 e. The third kappa shape index (κ3) is 4.58. The van der Waals surface area contributed by atoms with E-state index < -0.39 is 0 Å². The van der Waals surface area contributed by atoms with Gasteiger partial charge >= 0.3 is 5.97 Å². The summed E-state index contributed by atoms with van der Waals surface area (Å²) in [6, 6.07) is 25.6. The highest BCUT2D eigenvalue weighted by molar-refractivity contribution is 5.89. The highest BCUT2D eigenvalue weighted by Crippen LogP contribution is 2.19. The second-order valence-electron chi connectivity index (χ2n) is 5.56. The van der Waals surface area contributed by atoms with E-state index in [0.29, 0.717) is 5.56 Å². The largest absolute Gasteiger partial charge is 0.465 e. The van der Waals surface area contributed by atoms with E-state index >= 15 is 0 Å². The third-order valence-corrected chi connectivity index (χ3v) is 3.77. The lowest BCUT2D eigenvalue weighted by molar-refractivity contribution is 0.0601.